The van der Waals surface area contributed by atoms with Crippen molar-refractivity contribution >= 4 is 11.2 Å². The molecule has 20 heavy (non-hydrogen) atoms. The van der Waals surface area contributed by atoms with Crippen molar-refractivity contribution < 1.29 is 9.84 Å². The van der Waals surface area contributed by atoms with Crippen LogP contribution in [0.25, 0.3) is 11.2 Å². The van der Waals surface area contributed by atoms with Crippen LogP contribution >= 0.6 is 0 Å². The van der Waals surface area contributed by atoms with E-state index in [0.717, 1.165) is 4.57 Å². The molecular formula is C12H14N4O4. The first-order chi connectivity index (χ1) is 9.50. The van der Waals surface area contributed by atoms with Gasteiger partial charge in [-0.05, 0) is 6.08 Å². The summed E-state index contributed by atoms with van der Waals surface area (Å²) in [6.45, 7) is 0.146. The van der Waals surface area contributed by atoms with E-state index in [9.17, 15) is 14.7 Å². The van der Waals surface area contributed by atoms with Crippen LogP contribution in [0.2, 0.25) is 0 Å². The fourth-order valence-electron chi connectivity index (χ4n) is 2.26. The van der Waals surface area contributed by atoms with E-state index in [4.69, 9.17) is 4.74 Å². The molecule has 1 aliphatic rings. The number of rotatable bonds is 1. The van der Waals surface area contributed by atoms with Gasteiger partial charge in [0.05, 0.1) is 12.7 Å². The molecule has 0 saturated heterocycles. The third kappa shape index (κ3) is 1.73. The van der Waals surface area contributed by atoms with Gasteiger partial charge in [0.15, 0.2) is 17.4 Å². The van der Waals surface area contributed by atoms with Gasteiger partial charge in [-0.25, -0.2) is 9.78 Å². The lowest BCUT2D eigenvalue weighted by Gasteiger charge is -2.22. The summed E-state index contributed by atoms with van der Waals surface area (Å²) in [4.78, 5) is 28.2. The van der Waals surface area contributed by atoms with Crippen LogP contribution in [0.15, 0.2) is 28.1 Å². The van der Waals surface area contributed by atoms with E-state index in [1.807, 2.05) is 0 Å². The van der Waals surface area contributed by atoms with Gasteiger partial charge in [-0.15, -0.1) is 0 Å². The normalized spacial score (nSPS) is 22.6. The molecule has 0 aliphatic carbocycles. The summed E-state index contributed by atoms with van der Waals surface area (Å²) in [5.74, 6) is 0. The molecule has 3 heterocycles. The van der Waals surface area contributed by atoms with Crippen LogP contribution in [0, 0.1) is 0 Å². The Morgan fingerprint density at radius 2 is 2.05 bits per heavy atom. The van der Waals surface area contributed by atoms with Crippen molar-refractivity contribution in [2.24, 2.45) is 14.1 Å². The lowest BCUT2D eigenvalue weighted by atomic mass is 10.2. The van der Waals surface area contributed by atoms with E-state index in [1.165, 1.54) is 17.9 Å². The summed E-state index contributed by atoms with van der Waals surface area (Å²) in [7, 11) is 2.98. The summed E-state index contributed by atoms with van der Waals surface area (Å²) >= 11 is 0. The van der Waals surface area contributed by atoms with Gasteiger partial charge in [-0.3, -0.25) is 18.5 Å². The second kappa shape index (κ2) is 4.43. The largest absolute Gasteiger partial charge is 0.387 e. The number of aryl methyl sites for hydroxylation is 1. The molecule has 106 valence electrons. The van der Waals surface area contributed by atoms with Gasteiger partial charge in [-0.2, -0.15) is 0 Å². The second-order valence-corrected chi connectivity index (χ2v) is 4.71. The van der Waals surface area contributed by atoms with Gasteiger partial charge >= 0.3 is 5.69 Å². The first-order valence-corrected chi connectivity index (χ1v) is 6.11. The zero-order valence-electron chi connectivity index (χ0n) is 11.1. The average molecular weight is 278 g/mol. The average Bonchev–Trinajstić information content (AvgIpc) is 2.88. The molecule has 1 aliphatic heterocycles. The van der Waals surface area contributed by atoms with Crippen molar-refractivity contribution in [2.75, 3.05) is 6.61 Å². The van der Waals surface area contributed by atoms with Crippen molar-refractivity contribution in [1.29, 1.82) is 0 Å². The third-order valence-corrected chi connectivity index (χ3v) is 3.38. The smallest absolute Gasteiger partial charge is 0.332 e. The fourth-order valence-corrected chi connectivity index (χ4v) is 2.26. The fraction of sp³-hybridized carbons (Fsp3) is 0.417. The van der Waals surface area contributed by atoms with Crippen molar-refractivity contribution in [2.45, 2.75) is 12.3 Å². The van der Waals surface area contributed by atoms with Gasteiger partial charge < -0.3 is 9.84 Å². The zero-order chi connectivity index (χ0) is 14.4. The van der Waals surface area contributed by atoms with E-state index in [0.29, 0.717) is 11.2 Å². The monoisotopic (exact) mass is 278 g/mol. The number of aliphatic hydroxyl groups excluding tert-OH is 1. The number of ether oxygens (including phenoxy) is 1. The molecule has 2 atom stereocenters. The highest BCUT2D eigenvalue weighted by Crippen LogP contribution is 2.19. The lowest BCUT2D eigenvalue weighted by Crippen LogP contribution is -2.38. The van der Waals surface area contributed by atoms with Crippen LogP contribution in [0.5, 0.6) is 0 Å². The van der Waals surface area contributed by atoms with Gasteiger partial charge in [0.1, 0.15) is 6.33 Å². The molecule has 0 amide bonds. The predicted molar refractivity (Wildman–Crippen MR) is 70.4 cm³/mol. The Morgan fingerprint density at radius 3 is 2.70 bits per heavy atom. The molecule has 0 unspecified atom stereocenters. The molecule has 0 aromatic carbocycles. The number of hydrogen-bond acceptors (Lipinski definition) is 5. The highest BCUT2D eigenvalue weighted by molar-refractivity contribution is 5.70. The van der Waals surface area contributed by atoms with Crippen LogP contribution < -0.4 is 11.2 Å². The third-order valence-electron chi connectivity index (χ3n) is 3.38. The Hall–Kier alpha value is -2.19. The van der Waals surface area contributed by atoms with Crippen LogP contribution in [0.1, 0.15) is 6.23 Å². The zero-order valence-corrected chi connectivity index (χ0v) is 11.1. The molecule has 3 rings (SSSR count). The predicted octanol–water partition coefficient (Wildman–Crippen LogP) is -1.12. The first-order valence-electron chi connectivity index (χ1n) is 6.11. The number of nitrogens with zero attached hydrogens (tertiary/aromatic N) is 4. The van der Waals surface area contributed by atoms with Crippen molar-refractivity contribution in [1.82, 2.24) is 18.7 Å². The quantitative estimate of drug-likeness (QED) is 0.667. The topological polar surface area (TPSA) is 91.3 Å². The summed E-state index contributed by atoms with van der Waals surface area (Å²) in [6.07, 6.45) is 3.55. The van der Waals surface area contributed by atoms with Crippen molar-refractivity contribution in [3.8, 4) is 0 Å². The molecule has 1 N–H and O–H groups in total. The van der Waals surface area contributed by atoms with Crippen LogP contribution in [0.3, 0.4) is 0 Å². The van der Waals surface area contributed by atoms with E-state index in [1.54, 1.807) is 23.8 Å². The van der Waals surface area contributed by atoms with E-state index in [-0.39, 0.29) is 6.61 Å². The molecule has 0 spiro atoms. The number of fused-ring (bicyclic) bond motifs is 1. The first kappa shape index (κ1) is 12.8. The van der Waals surface area contributed by atoms with Gasteiger partial charge in [0, 0.05) is 14.1 Å². The SMILES string of the molecule is Cn1c(=O)c2c(ncn2[C@H]2C=C[C@H](O)CO2)n(C)c1=O. The Morgan fingerprint density at radius 1 is 1.30 bits per heavy atom. The number of aliphatic hydroxyl groups is 1. The minimum Gasteiger partial charge on any atom is -0.387 e. The number of imidazole rings is 1. The molecule has 0 bridgehead atoms. The van der Waals surface area contributed by atoms with Gasteiger partial charge in [0.2, 0.25) is 0 Å². The molecular weight excluding hydrogens is 264 g/mol. The van der Waals surface area contributed by atoms with E-state index >= 15 is 0 Å². The van der Waals surface area contributed by atoms with Gasteiger partial charge in [0.25, 0.3) is 5.56 Å². The molecule has 0 saturated carbocycles. The van der Waals surface area contributed by atoms with Crippen LogP contribution in [-0.2, 0) is 18.8 Å². The molecule has 0 fully saturated rings. The Kier molecular flexibility index (Phi) is 2.84. The van der Waals surface area contributed by atoms with E-state index < -0.39 is 23.6 Å². The Labute approximate surface area is 113 Å². The highest BCUT2D eigenvalue weighted by atomic mass is 16.5. The summed E-state index contributed by atoms with van der Waals surface area (Å²) in [6, 6.07) is 0. The molecule has 8 nitrogen and oxygen atoms in total. The maximum atomic E-state index is 12.2. The van der Waals surface area contributed by atoms with Gasteiger partial charge in [-0.1, -0.05) is 6.08 Å². The second-order valence-electron chi connectivity index (χ2n) is 4.71. The lowest BCUT2D eigenvalue weighted by molar-refractivity contribution is -0.0163. The van der Waals surface area contributed by atoms with Crippen LogP contribution in [0.4, 0.5) is 0 Å². The van der Waals surface area contributed by atoms with Crippen molar-refractivity contribution in [3.63, 3.8) is 0 Å². The summed E-state index contributed by atoms with van der Waals surface area (Å²) < 4.78 is 9.36. The van der Waals surface area contributed by atoms with E-state index in [2.05, 4.69) is 4.98 Å². The summed E-state index contributed by atoms with van der Waals surface area (Å²) in [5.41, 5.74) is -0.256. The molecule has 2 aromatic heterocycles. The minimum atomic E-state index is -0.645. The standard InChI is InChI=1S/C12H14N4O4/c1-14-10-9(11(18)15(2)12(14)19)16(6-13-10)8-4-3-7(17)5-20-8/h3-4,6-8,17H,5H2,1-2H3/t7-,8+/m0/s1. The maximum absolute atomic E-state index is 12.2. The maximum Gasteiger partial charge on any atom is 0.332 e. The molecule has 0 radical (unpaired) electrons. The molecule has 2 aromatic rings. The molecule has 8 heteroatoms. The Balaban J connectivity index is 2.27. The Bertz CT molecular complexity index is 813. The minimum absolute atomic E-state index is 0.146. The highest BCUT2D eigenvalue weighted by Gasteiger charge is 2.21. The van der Waals surface area contributed by atoms with Crippen molar-refractivity contribution in [3.05, 3.63) is 39.3 Å². The number of hydrogen-bond donors (Lipinski definition) is 1. The van der Waals surface area contributed by atoms with Crippen LogP contribution in [-0.4, -0.2) is 36.5 Å². The summed E-state index contributed by atoms with van der Waals surface area (Å²) in [5, 5.41) is 9.37. The number of aromatic nitrogens is 4.